The molecule has 0 atom stereocenters. The quantitative estimate of drug-likeness (QED) is 0.731. The standard InChI is InChI=1S/C11H14N2O/c1-2-7-14-10-4-3-9(12)8-5-6-13-11(8)10/h3-6,13H,2,7,12H2,1H3. The van der Waals surface area contributed by atoms with Gasteiger partial charge in [0.1, 0.15) is 5.75 Å². The molecular weight excluding hydrogens is 176 g/mol. The summed E-state index contributed by atoms with van der Waals surface area (Å²) in [7, 11) is 0. The number of anilines is 1. The molecule has 1 aromatic heterocycles. The van der Waals surface area contributed by atoms with Gasteiger partial charge in [0.25, 0.3) is 0 Å². The van der Waals surface area contributed by atoms with Crippen LogP contribution in [0.4, 0.5) is 5.69 Å². The van der Waals surface area contributed by atoms with Crippen LogP contribution in [-0.2, 0) is 0 Å². The Bertz CT molecular complexity index is 434. The molecule has 3 nitrogen and oxygen atoms in total. The molecule has 0 amide bonds. The second-order valence-corrected chi connectivity index (χ2v) is 3.27. The molecule has 14 heavy (non-hydrogen) atoms. The second kappa shape index (κ2) is 3.62. The zero-order valence-corrected chi connectivity index (χ0v) is 8.21. The summed E-state index contributed by atoms with van der Waals surface area (Å²) >= 11 is 0. The van der Waals surface area contributed by atoms with Crippen molar-refractivity contribution in [2.75, 3.05) is 12.3 Å². The molecule has 0 saturated heterocycles. The predicted molar refractivity (Wildman–Crippen MR) is 58.5 cm³/mol. The average Bonchev–Trinajstić information content (AvgIpc) is 2.66. The minimum Gasteiger partial charge on any atom is -0.491 e. The Kier molecular flexibility index (Phi) is 2.31. The third-order valence-corrected chi connectivity index (χ3v) is 2.18. The van der Waals surface area contributed by atoms with Crippen LogP contribution in [0.3, 0.4) is 0 Å². The van der Waals surface area contributed by atoms with Gasteiger partial charge in [-0.1, -0.05) is 6.92 Å². The number of benzene rings is 1. The zero-order valence-electron chi connectivity index (χ0n) is 8.21. The van der Waals surface area contributed by atoms with Crippen molar-refractivity contribution >= 4 is 16.6 Å². The number of hydrogen-bond acceptors (Lipinski definition) is 2. The summed E-state index contributed by atoms with van der Waals surface area (Å²) < 4.78 is 5.59. The van der Waals surface area contributed by atoms with Gasteiger partial charge in [0.05, 0.1) is 12.1 Å². The number of aromatic nitrogens is 1. The number of aromatic amines is 1. The first-order chi connectivity index (χ1) is 6.83. The van der Waals surface area contributed by atoms with Gasteiger partial charge in [-0.15, -0.1) is 0 Å². The number of fused-ring (bicyclic) bond motifs is 1. The van der Waals surface area contributed by atoms with Gasteiger partial charge >= 0.3 is 0 Å². The van der Waals surface area contributed by atoms with E-state index >= 15 is 0 Å². The molecule has 2 rings (SSSR count). The summed E-state index contributed by atoms with van der Waals surface area (Å²) in [5.41, 5.74) is 7.59. The molecule has 0 unspecified atom stereocenters. The van der Waals surface area contributed by atoms with E-state index in [0.29, 0.717) is 0 Å². The number of rotatable bonds is 3. The van der Waals surface area contributed by atoms with E-state index in [0.717, 1.165) is 35.4 Å². The molecule has 0 aliphatic heterocycles. The molecule has 1 heterocycles. The zero-order chi connectivity index (χ0) is 9.97. The van der Waals surface area contributed by atoms with Crippen LogP contribution in [0.2, 0.25) is 0 Å². The minimum absolute atomic E-state index is 0.734. The summed E-state index contributed by atoms with van der Waals surface area (Å²) in [5, 5.41) is 1.03. The van der Waals surface area contributed by atoms with Crippen molar-refractivity contribution in [2.24, 2.45) is 0 Å². The molecule has 0 fully saturated rings. The fraction of sp³-hybridized carbons (Fsp3) is 0.273. The number of ether oxygens (including phenoxy) is 1. The van der Waals surface area contributed by atoms with Crippen LogP contribution in [0, 0.1) is 0 Å². The van der Waals surface area contributed by atoms with Crippen LogP contribution in [-0.4, -0.2) is 11.6 Å². The molecule has 0 aliphatic rings. The number of nitrogens with one attached hydrogen (secondary N) is 1. The highest BCUT2D eigenvalue weighted by Crippen LogP contribution is 2.28. The molecule has 0 spiro atoms. The SMILES string of the molecule is CCCOc1ccc(N)c2cc[nH]c12. The van der Waals surface area contributed by atoms with E-state index < -0.39 is 0 Å². The number of nitrogen functional groups attached to an aromatic ring is 1. The lowest BCUT2D eigenvalue weighted by Gasteiger charge is -2.06. The van der Waals surface area contributed by atoms with Crippen molar-refractivity contribution < 1.29 is 4.74 Å². The van der Waals surface area contributed by atoms with E-state index in [2.05, 4.69) is 11.9 Å². The number of hydrogen-bond donors (Lipinski definition) is 2. The van der Waals surface area contributed by atoms with Gasteiger partial charge in [-0.2, -0.15) is 0 Å². The summed E-state index contributed by atoms with van der Waals surface area (Å²) in [6.45, 7) is 2.82. The smallest absolute Gasteiger partial charge is 0.143 e. The summed E-state index contributed by atoms with van der Waals surface area (Å²) in [5.74, 6) is 0.876. The lowest BCUT2D eigenvalue weighted by atomic mass is 10.2. The third-order valence-electron chi connectivity index (χ3n) is 2.18. The summed E-state index contributed by atoms with van der Waals surface area (Å²) in [6, 6.07) is 5.74. The number of nitrogens with two attached hydrogens (primary N) is 1. The Morgan fingerprint density at radius 1 is 1.36 bits per heavy atom. The maximum atomic E-state index is 5.82. The van der Waals surface area contributed by atoms with Crippen LogP contribution in [0.1, 0.15) is 13.3 Å². The maximum absolute atomic E-state index is 5.82. The van der Waals surface area contributed by atoms with Crippen LogP contribution < -0.4 is 10.5 Å². The lowest BCUT2D eigenvalue weighted by molar-refractivity contribution is 0.320. The van der Waals surface area contributed by atoms with E-state index in [9.17, 15) is 0 Å². The molecule has 3 heteroatoms. The first-order valence-corrected chi connectivity index (χ1v) is 4.81. The van der Waals surface area contributed by atoms with Gasteiger partial charge < -0.3 is 15.5 Å². The summed E-state index contributed by atoms with van der Waals surface area (Å²) in [6.07, 6.45) is 2.88. The van der Waals surface area contributed by atoms with Crippen LogP contribution >= 0.6 is 0 Å². The molecule has 2 aromatic rings. The Labute approximate surface area is 82.9 Å². The van der Waals surface area contributed by atoms with E-state index in [1.165, 1.54) is 0 Å². The molecule has 0 radical (unpaired) electrons. The summed E-state index contributed by atoms with van der Waals surface area (Å²) in [4.78, 5) is 3.13. The van der Waals surface area contributed by atoms with E-state index in [1.54, 1.807) is 0 Å². The molecule has 3 N–H and O–H groups in total. The van der Waals surface area contributed by atoms with Crippen molar-refractivity contribution in [3.63, 3.8) is 0 Å². The van der Waals surface area contributed by atoms with Crippen LogP contribution in [0.15, 0.2) is 24.4 Å². The van der Waals surface area contributed by atoms with Gasteiger partial charge in [-0.25, -0.2) is 0 Å². The Hall–Kier alpha value is -1.64. The van der Waals surface area contributed by atoms with Crippen molar-refractivity contribution in [1.29, 1.82) is 0 Å². The van der Waals surface area contributed by atoms with Gasteiger partial charge in [0.2, 0.25) is 0 Å². The molecule has 0 saturated carbocycles. The van der Waals surface area contributed by atoms with Crippen molar-refractivity contribution in [3.8, 4) is 5.75 Å². The Balaban J connectivity index is 2.45. The molecular formula is C11H14N2O. The predicted octanol–water partition coefficient (Wildman–Crippen LogP) is 2.54. The van der Waals surface area contributed by atoms with Gasteiger partial charge in [0, 0.05) is 17.3 Å². The molecule has 0 aliphatic carbocycles. The van der Waals surface area contributed by atoms with Crippen molar-refractivity contribution in [1.82, 2.24) is 4.98 Å². The first-order valence-electron chi connectivity index (χ1n) is 4.81. The largest absolute Gasteiger partial charge is 0.491 e. The normalized spacial score (nSPS) is 10.6. The number of H-pyrrole nitrogens is 1. The molecule has 0 bridgehead atoms. The topological polar surface area (TPSA) is 51.0 Å². The highest BCUT2D eigenvalue weighted by Gasteiger charge is 2.05. The third kappa shape index (κ3) is 1.41. The van der Waals surface area contributed by atoms with Crippen LogP contribution in [0.25, 0.3) is 10.9 Å². The molecule has 1 aromatic carbocycles. The van der Waals surface area contributed by atoms with Gasteiger partial charge in [-0.05, 0) is 24.6 Å². The van der Waals surface area contributed by atoms with Crippen LogP contribution in [0.5, 0.6) is 5.75 Å². The Morgan fingerprint density at radius 2 is 2.21 bits per heavy atom. The first kappa shape index (κ1) is 8.94. The minimum atomic E-state index is 0.734. The fourth-order valence-corrected chi connectivity index (χ4v) is 1.48. The van der Waals surface area contributed by atoms with E-state index in [4.69, 9.17) is 10.5 Å². The van der Waals surface area contributed by atoms with Crippen molar-refractivity contribution in [3.05, 3.63) is 24.4 Å². The highest BCUT2D eigenvalue weighted by molar-refractivity contribution is 5.94. The van der Waals surface area contributed by atoms with Crippen molar-refractivity contribution in [2.45, 2.75) is 13.3 Å². The average molecular weight is 190 g/mol. The lowest BCUT2D eigenvalue weighted by Crippen LogP contribution is -1.96. The monoisotopic (exact) mass is 190 g/mol. The van der Waals surface area contributed by atoms with E-state index in [-0.39, 0.29) is 0 Å². The van der Waals surface area contributed by atoms with E-state index in [1.807, 2.05) is 24.4 Å². The molecule has 74 valence electrons. The van der Waals surface area contributed by atoms with Gasteiger partial charge in [0.15, 0.2) is 0 Å². The Morgan fingerprint density at radius 3 is 3.00 bits per heavy atom. The highest BCUT2D eigenvalue weighted by atomic mass is 16.5. The second-order valence-electron chi connectivity index (χ2n) is 3.27. The van der Waals surface area contributed by atoms with Gasteiger partial charge in [-0.3, -0.25) is 0 Å². The fourth-order valence-electron chi connectivity index (χ4n) is 1.48. The maximum Gasteiger partial charge on any atom is 0.143 e.